The van der Waals surface area contributed by atoms with E-state index in [-0.39, 0.29) is 5.56 Å². The standard InChI is InChI=1S/C19H21N3O5/c1-3-26-16-10-5-4-9-15(16)22-17(23)12(2)27-18(24)13-7-6-8-14(11-13)21-19(20)25/h4-12H,3H2,1-2H3,(H,22,23)(H3,20,21,25)/t12-/m1/s1. The molecule has 0 aliphatic rings. The molecule has 0 saturated carbocycles. The number of carbonyl (C=O) groups excluding carboxylic acids is 3. The lowest BCUT2D eigenvalue weighted by molar-refractivity contribution is -0.123. The summed E-state index contributed by atoms with van der Waals surface area (Å²) >= 11 is 0. The van der Waals surface area contributed by atoms with Crippen molar-refractivity contribution in [3.8, 4) is 5.75 Å². The monoisotopic (exact) mass is 371 g/mol. The van der Waals surface area contributed by atoms with Crippen molar-refractivity contribution in [3.05, 3.63) is 54.1 Å². The van der Waals surface area contributed by atoms with Crippen LogP contribution in [0.4, 0.5) is 16.2 Å². The molecule has 27 heavy (non-hydrogen) atoms. The van der Waals surface area contributed by atoms with Crippen molar-refractivity contribution in [3.63, 3.8) is 0 Å². The van der Waals surface area contributed by atoms with Crippen molar-refractivity contribution in [2.24, 2.45) is 5.73 Å². The van der Waals surface area contributed by atoms with Crippen LogP contribution in [0.25, 0.3) is 0 Å². The molecule has 0 heterocycles. The van der Waals surface area contributed by atoms with E-state index < -0.39 is 24.0 Å². The summed E-state index contributed by atoms with van der Waals surface area (Å²) in [6, 6.07) is 12.3. The molecule has 0 saturated heterocycles. The molecule has 0 aliphatic heterocycles. The number of ether oxygens (including phenoxy) is 2. The van der Waals surface area contributed by atoms with Crippen LogP contribution in [0, 0.1) is 0 Å². The predicted molar refractivity (Wildman–Crippen MR) is 101 cm³/mol. The average molecular weight is 371 g/mol. The number of nitrogens with one attached hydrogen (secondary N) is 2. The number of hydrogen-bond donors (Lipinski definition) is 3. The Morgan fingerprint density at radius 3 is 2.52 bits per heavy atom. The highest BCUT2D eigenvalue weighted by Gasteiger charge is 2.20. The minimum atomic E-state index is -1.04. The zero-order chi connectivity index (χ0) is 19.8. The van der Waals surface area contributed by atoms with Gasteiger partial charge in [-0.25, -0.2) is 9.59 Å². The predicted octanol–water partition coefficient (Wildman–Crippen LogP) is 2.76. The maximum atomic E-state index is 12.3. The molecule has 8 nitrogen and oxygen atoms in total. The first-order valence-electron chi connectivity index (χ1n) is 8.31. The number of nitrogens with two attached hydrogens (primary N) is 1. The lowest BCUT2D eigenvalue weighted by Crippen LogP contribution is -2.30. The van der Waals surface area contributed by atoms with Crippen LogP contribution in [0.15, 0.2) is 48.5 Å². The maximum Gasteiger partial charge on any atom is 0.338 e. The third-order valence-corrected chi connectivity index (χ3v) is 3.46. The third kappa shape index (κ3) is 5.74. The molecule has 2 aromatic rings. The molecule has 0 aromatic heterocycles. The van der Waals surface area contributed by atoms with E-state index in [1.54, 1.807) is 36.4 Å². The van der Waals surface area contributed by atoms with Crippen LogP contribution >= 0.6 is 0 Å². The van der Waals surface area contributed by atoms with Crippen molar-refractivity contribution >= 4 is 29.3 Å². The van der Waals surface area contributed by atoms with E-state index in [0.717, 1.165) is 0 Å². The summed E-state index contributed by atoms with van der Waals surface area (Å²) in [6.45, 7) is 3.75. The molecule has 0 radical (unpaired) electrons. The van der Waals surface area contributed by atoms with Gasteiger partial charge in [0.1, 0.15) is 5.75 Å². The van der Waals surface area contributed by atoms with Gasteiger partial charge in [0, 0.05) is 5.69 Å². The van der Waals surface area contributed by atoms with E-state index >= 15 is 0 Å². The maximum absolute atomic E-state index is 12.3. The molecule has 0 bridgehead atoms. The Morgan fingerprint density at radius 1 is 1.07 bits per heavy atom. The molecule has 2 aromatic carbocycles. The van der Waals surface area contributed by atoms with Crippen LogP contribution in [0.5, 0.6) is 5.75 Å². The second-order valence-electron chi connectivity index (χ2n) is 5.54. The summed E-state index contributed by atoms with van der Waals surface area (Å²) in [7, 11) is 0. The Kier molecular flexibility index (Phi) is 6.76. The molecular formula is C19H21N3O5. The number of carbonyl (C=O) groups is 3. The van der Waals surface area contributed by atoms with Gasteiger partial charge < -0.3 is 25.8 Å². The highest BCUT2D eigenvalue weighted by molar-refractivity contribution is 5.98. The molecule has 0 unspecified atom stereocenters. The van der Waals surface area contributed by atoms with Crippen LogP contribution in [0.1, 0.15) is 24.2 Å². The van der Waals surface area contributed by atoms with E-state index in [4.69, 9.17) is 15.2 Å². The molecule has 4 N–H and O–H groups in total. The summed E-state index contributed by atoms with van der Waals surface area (Å²) < 4.78 is 10.6. The Morgan fingerprint density at radius 2 is 1.81 bits per heavy atom. The number of rotatable bonds is 7. The lowest BCUT2D eigenvalue weighted by atomic mass is 10.2. The number of hydrogen-bond acceptors (Lipinski definition) is 5. The van der Waals surface area contributed by atoms with Gasteiger partial charge in [-0.15, -0.1) is 0 Å². The van der Waals surface area contributed by atoms with Gasteiger partial charge in [-0.05, 0) is 44.2 Å². The number of urea groups is 1. The number of esters is 1. The third-order valence-electron chi connectivity index (χ3n) is 3.46. The van der Waals surface area contributed by atoms with Gasteiger partial charge in [0.15, 0.2) is 6.10 Å². The molecule has 142 valence electrons. The number of amides is 3. The van der Waals surface area contributed by atoms with Gasteiger partial charge in [-0.3, -0.25) is 4.79 Å². The van der Waals surface area contributed by atoms with Crippen LogP contribution in [-0.2, 0) is 9.53 Å². The average Bonchev–Trinajstić information content (AvgIpc) is 2.63. The number of primary amides is 1. The Labute approximate surface area is 156 Å². The zero-order valence-corrected chi connectivity index (χ0v) is 15.0. The first kappa shape index (κ1) is 19.8. The molecule has 2 rings (SSSR count). The van der Waals surface area contributed by atoms with Crippen molar-refractivity contribution in [1.82, 2.24) is 0 Å². The molecule has 3 amide bonds. The van der Waals surface area contributed by atoms with Crippen molar-refractivity contribution < 1.29 is 23.9 Å². The van der Waals surface area contributed by atoms with E-state index in [2.05, 4.69) is 10.6 Å². The fraction of sp³-hybridized carbons (Fsp3) is 0.211. The van der Waals surface area contributed by atoms with E-state index in [1.165, 1.54) is 19.1 Å². The topological polar surface area (TPSA) is 120 Å². The summed E-state index contributed by atoms with van der Waals surface area (Å²) in [4.78, 5) is 35.5. The minimum Gasteiger partial charge on any atom is -0.492 e. The highest BCUT2D eigenvalue weighted by atomic mass is 16.5. The number of anilines is 2. The molecule has 0 spiro atoms. The molecular weight excluding hydrogens is 350 g/mol. The first-order chi connectivity index (χ1) is 12.9. The van der Waals surface area contributed by atoms with Crippen LogP contribution < -0.4 is 21.1 Å². The van der Waals surface area contributed by atoms with Crippen LogP contribution in [0.3, 0.4) is 0 Å². The smallest absolute Gasteiger partial charge is 0.338 e. The van der Waals surface area contributed by atoms with Gasteiger partial charge in [-0.2, -0.15) is 0 Å². The highest BCUT2D eigenvalue weighted by Crippen LogP contribution is 2.24. The summed E-state index contributed by atoms with van der Waals surface area (Å²) in [5.41, 5.74) is 6.06. The van der Waals surface area contributed by atoms with Crippen LogP contribution in [0.2, 0.25) is 0 Å². The van der Waals surface area contributed by atoms with Crippen molar-refractivity contribution in [1.29, 1.82) is 0 Å². The van der Waals surface area contributed by atoms with Gasteiger partial charge in [-0.1, -0.05) is 18.2 Å². The molecule has 0 aliphatic carbocycles. The fourth-order valence-electron chi connectivity index (χ4n) is 2.23. The minimum absolute atomic E-state index is 0.176. The van der Waals surface area contributed by atoms with E-state index in [9.17, 15) is 14.4 Å². The van der Waals surface area contributed by atoms with Crippen molar-refractivity contribution in [2.45, 2.75) is 20.0 Å². The first-order valence-corrected chi connectivity index (χ1v) is 8.31. The lowest BCUT2D eigenvalue weighted by Gasteiger charge is -2.16. The SMILES string of the molecule is CCOc1ccccc1NC(=O)[C@@H](C)OC(=O)c1cccc(NC(N)=O)c1. The largest absolute Gasteiger partial charge is 0.492 e. The fourth-order valence-corrected chi connectivity index (χ4v) is 2.23. The summed E-state index contributed by atoms with van der Waals surface area (Å²) in [6.07, 6.45) is -1.04. The van der Waals surface area contributed by atoms with E-state index in [1.807, 2.05) is 6.92 Å². The van der Waals surface area contributed by atoms with Gasteiger partial charge >= 0.3 is 12.0 Å². The Hall–Kier alpha value is -3.55. The molecule has 1 atom stereocenters. The Balaban J connectivity index is 2.02. The molecule has 8 heteroatoms. The normalized spacial score (nSPS) is 11.2. The van der Waals surface area contributed by atoms with Crippen molar-refractivity contribution in [2.75, 3.05) is 17.2 Å². The van der Waals surface area contributed by atoms with Gasteiger partial charge in [0.2, 0.25) is 0 Å². The number of para-hydroxylation sites is 2. The zero-order valence-electron chi connectivity index (χ0n) is 15.0. The van der Waals surface area contributed by atoms with Crippen LogP contribution in [-0.4, -0.2) is 30.6 Å². The molecule has 0 fully saturated rings. The second-order valence-corrected chi connectivity index (χ2v) is 5.54. The quantitative estimate of drug-likeness (QED) is 0.647. The Bertz CT molecular complexity index is 838. The van der Waals surface area contributed by atoms with E-state index in [0.29, 0.717) is 23.7 Å². The summed E-state index contributed by atoms with van der Waals surface area (Å²) in [5, 5.41) is 5.04. The second kappa shape index (κ2) is 9.23. The van der Waals surface area contributed by atoms with Gasteiger partial charge in [0.05, 0.1) is 17.9 Å². The number of benzene rings is 2. The van der Waals surface area contributed by atoms with Gasteiger partial charge in [0.25, 0.3) is 5.91 Å². The summed E-state index contributed by atoms with van der Waals surface area (Å²) in [5.74, 6) is -0.678.